The quantitative estimate of drug-likeness (QED) is 0.144. The zero-order chi connectivity index (χ0) is 31.9. The molecule has 2 fully saturated rings. The largest absolute Gasteiger partial charge is 0.465 e. The standard InChI is InChI=1S/C29H40FN7O7/c1-4-24(38)41-15-20(16-42-25-10-5-6-11-40-25)17-44-36-22-13-37(14-22)28(33-3)34-12-19(2)23-9-7-8-21(26(23)30)18-43-29(39)35-27(31)32/h7-9,12,20,25H,3-6,10-11,13-18H2,1-2H3,(H4,31,32,35,39)/b19-12+,34-28?. The molecule has 1 amide bonds. The Kier molecular flexibility index (Phi) is 13.7. The van der Waals surface area contributed by atoms with Gasteiger partial charge < -0.3 is 40.2 Å². The lowest BCUT2D eigenvalue weighted by Gasteiger charge is -2.32. The van der Waals surface area contributed by atoms with Crippen LogP contribution in [-0.4, -0.2) is 87.1 Å². The summed E-state index contributed by atoms with van der Waals surface area (Å²) >= 11 is 0. The van der Waals surface area contributed by atoms with Gasteiger partial charge >= 0.3 is 12.1 Å². The zero-order valence-corrected chi connectivity index (χ0v) is 25.1. The van der Waals surface area contributed by atoms with Gasteiger partial charge in [0.2, 0.25) is 5.96 Å². The first kappa shape index (κ1) is 34.1. The topological polar surface area (TPSA) is 185 Å². The number of ether oxygens (including phenoxy) is 4. The molecule has 2 atom stereocenters. The zero-order valence-electron chi connectivity index (χ0n) is 25.1. The number of amides is 1. The Morgan fingerprint density at radius 1 is 1.20 bits per heavy atom. The van der Waals surface area contributed by atoms with Gasteiger partial charge in [-0.3, -0.25) is 4.79 Å². The first-order valence-corrected chi connectivity index (χ1v) is 14.3. The number of oxime groups is 1. The molecule has 3 rings (SSSR count). The molecule has 2 aliphatic rings. The molecule has 14 nitrogen and oxygen atoms in total. The predicted octanol–water partition coefficient (Wildman–Crippen LogP) is 2.95. The molecule has 2 aliphatic heterocycles. The van der Waals surface area contributed by atoms with E-state index in [1.165, 1.54) is 12.3 Å². The first-order valence-electron chi connectivity index (χ1n) is 14.3. The van der Waals surface area contributed by atoms with Gasteiger partial charge in [-0.1, -0.05) is 30.3 Å². The van der Waals surface area contributed by atoms with E-state index in [9.17, 15) is 9.59 Å². The molecule has 4 N–H and O–H groups in total. The number of likely N-dealkylation sites (tertiary alicyclic amines) is 1. The minimum atomic E-state index is -1.02. The molecule has 1 aromatic carbocycles. The monoisotopic (exact) mass is 617 g/mol. The third-order valence-electron chi connectivity index (χ3n) is 6.55. The van der Waals surface area contributed by atoms with Crippen LogP contribution < -0.4 is 11.5 Å². The molecule has 15 heteroatoms. The number of esters is 1. The van der Waals surface area contributed by atoms with E-state index in [1.807, 2.05) is 4.90 Å². The Morgan fingerprint density at radius 2 is 2.00 bits per heavy atom. The van der Waals surface area contributed by atoms with Gasteiger partial charge in [0.15, 0.2) is 12.2 Å². The van der Waals surface area contributed by atoms with Gasteiger partial charge in [-0.05, 0) is 38.5 Å². The van der Waals surface area contributed by atoms with Crippen LogP contribution in [0.15, 0.2) is 44.5 Å². The molecule has 1 aromatic rings. The number of halogens is 1. The number of carbonyl (C=O) groups excluding carboxylic acids is 2. The van der Waals surface area contributed by atoms with Crippen molar-refractivity contribution in [1.29, 1.82) is 0 Å². The number of carbonyl (C=O) groups is 2. The second kappa shape index (κ2) is 17.7. The highest BCUT2D eigenvalue weighted by Gasteiger charge is 2.26. The van der Waals surface area contributed by atoms with Crippen molar-refractivity contribution < 1.29 is 37.8 Å². The highest BCUT2D eigenvalue weighted by atomic mass is 19.1. The lowest BCUT2D eigenvalue weighted by Crippen LogP contribution is -2.50. The van der Waals surface area contributed by atoms with E-state index < -0.39 is 17.9 Å². The number of nitrogens with zero attached hydrogens (tertiary/aromatic N) is 5. The number of benzene rings is 1. The third-order valence-corrected chi connectivity index (χ3v) is 6.55. The summed E-state index contributed by atoms with van der Waals surface area (Å²) in [4.78, 5) is 42.1. The van der Waals surface area contributed by atoms with Gasteiger partial charge in [0.25, 0.3) is 0 Å². The number of aliphatic imine (C=N–C) groups is 3. The SMILES string of the molecule is C=NC(=N/C=C(\C)c1cccc(COC(=O)N=C(N)N)c1F)N1CC(=NOCC(COC(=O)CC)COC2CCCCO2)C1. The van der Waals surface area contributed by atoms with Gasteiger partial charge in [-0.2, -0.15) is 0 Å². The van der Waals surface area contributed by atoms with Crippen molar-refractivity contribution in [2.75, 3.05) is 39.5 Å². The normalized spacial score (nSPS) is 17.7. The van der Waals surface area contributed by atoms with Crippen LogP contribution in [0.4, 0.5) is 9.18 Å². The fourth-order valence-electron chi connectivity index (χ4n) is 4.09. The maximum atomic E-state index is 15.1. The van der Waals surface area contributed by atoms with Gasteiger partial charge in [0, 0.05) is 30.4 Å². The van der Waals surface area contributed by atoms with E-state index in [0.29, 0.717) is 37.8 Å². The lowest BCUT2D eigenvalue weighted by atomic mass is 10.0. The molecular formula is C29H40FN7O7. The van der Waals surface area contributed by atoms with Crippen molar-refractivity contribution in [1.82, 2.24) is 4.90 Å². The Morgan fingerprint density at radius 3 is 2.68 bits per heavy atom. The summed E-state index contributed by atoms with van der Waals surface area (Å²) in [6, 6.07) is 4.69. The van der Waals surface area contributed by atoms with E-state index in [1.54, 1.807) is 26.0 Å². The summed E-state index contributed by atoms with van der Waals surface area (Å²) < 4.78 is 36.7. The molecule has 240 valence electrons. The molecule has 2 heterocycles. The van der Waals surface area contributed by atoms with E-state index in [0.717, 1.165) is 25.0 Å². The number of hydrogen-bond donors (Lipinski definition) is 2. The average molecular weight is 618 g/mol. The van der Waals surface area contributed by atoms with Crippen LogP contribution in [-0.2, 0) is 35.2 Å². The van der Waals surface area contributed by atoms with Gasteiger partial charge in [0.05, 0.1) is 37.9 Å². The summed E-state index contributed by atoms with van der Waals surface area (Å²) in [7, 11) is 0. The Bertz CT molecular complexity index is 1270. The molecular weight excluding hydrogens is 577 g/mol. The molecule has 0 spiro atoms. The molecule has 2 saturated heterocycles. The fraction of sp³-hybridized carbons (Fsp3) is 0.517. The fourth-order valence-corrected chi connectivity index (χ4v) is 4.09. The molecule has 0 aliphatic carbocycles. The number of rotatable bonds is 13. The van der Waals surface area contributed by atoms with Crippen LogP contribution >= 0.6 is 0 Å². The maximum Gasteiger partial charge on any atom is 0.437 e. The van der Waals surface area contributed by atoms with Crippen LogP contribution in [0.5, 0.6) is 0 Å². The second-order valence-electron chi connectivity index (χ2n) is 10.1. The number of hydrogen-bond acceptors (Lipinski definition) is 9. The van der Waals surface area contributed by atoms with Crippen molar-refractivity contribution in [3.05, 3.63) is 41.3 Å². The molecule has 2 unspecified atom stereocenters. The van der Waals surface area contributed by atoms with Crippen molar-refractivity contribution in [2.45, 2.75) is 52.4 Å². The van der Waals surface area contributed by atoms with E-state index in [4.69, 9.17) is 35.3 Å². The summed E-state index contributed by atoms with van der Waals surface area (Å²) in [6.45, 7) is 8.83. The van der Waals surface area contributed by atoms with Crippen molar-refractivity contribution in [3.63, 3.8) is 0 Å². The summed E-state index contributed by atoms with van der Waals surface area (Å²) in [5.41, 5.74) is 12.0. The highest BCUT2D eigenvalue weighted by molar-refractivity contribution is 6.01. The molecule has 0 saturated carbocycles. The number of guanidine groups is 2. The van der Waals surface area contributed by atoms with Gasteiger partial charge in [0.1, 0.15) is 19.0 Å². The summed E-state index contributed by atoms with van der Waals surface area (Å²) in [5, 5.41) is 4.20. The first-order chi connectivity index (χ1) is 21.2. The Labute approximate surface area is 255 Å². The number of allylic oxidation sites excluding steroid dienone is 1. The van der Waals surface area contributed by atoms with Crippen LogP contribution in [0.3, 0.4) is 0 Å². The van der Waals surface area contributed by atoms with Crippen LogP contribution in [0.1, 0.15) is 50.7 Å². The van der Waals surface area contributed by atoms with Crippen molar-refractivity contribution in [2.24, 2.45) is 37.5 Å². The van der Waals surface area contributed by atoms with Gasteiger partial charge in [-0.25, -0.2) is 19.2 Å². The molecule has 0 bridgehead atoms. The van der Waals surface area contributed by atoms with Crippen molar-refractivity contribution in [3.8, 4) is 0 Å². The second-order valence-corrected chi connectivity index (χ2v) is 10.1. The molecule has 0 aromatic heterocycles. The van der Waals surface area contributed by atoms with E-state index >= 15 is 4.39 Å². The minimum absolute atomic E-state index is 0.142. The Hall–Kier alpha value is -4.37. The van der Waals surface area contributed by atoms with Gasteiger partial charge in [-0.15, -0.1) is 4.99 Å². The molecule has 0 radical (unpaired) electrons. The third kappa shape index (κ3) is 11.0. The van der Waals surface area contributed by atoms with Crippen LogP contribution in [0.25, 0.3) is 5.57 Å². The maximum absolute atomic E-state index is 15.1. The smallest absolute Gasteiger partial charge is 0.437 e. The Balaban J connectivity index is 1.53. The summed E-state index contributed by atoms with van der Waals surface area (Å²) in [5.74, 6) is -1.19. The number of nitrogens with two attached hydrogens (primary N) is 2. The average Bonchev–Trinajstić information content (AvgIpc) is 2.99. The van der Waals surface area contributed by atoms with Crippen LogP contribution in [0, 0.1) is 11.7 Å². The van der Waals surface area contributed by atoms with Crippen molar-refractivity contribution >= 4 is 42.0 Å². The minimum Gasteiger partial charge on any atom is -0.465 e. The predicted molar refractivity (Wildman–Crippen MR) is 162 cm³/mol. The lowest BCUT2D eigenvalue weighted by molar-refractivity contribution is -0.176. The van der Waals surface area contributed by atoms with E-state index in [2.05, 4.69) is 26.9 Å². The summed E-state index contributed by atoms with van der Waals surface area (Å²) in [6.07, 6.45) is 3.38. The van der Waals surface area contributed by atoms with E-state index in [-0.39, 0.29) is 55.5 Å². The highest BCUT2D eigenvalue weighted by Crippen LogP contribution is 2.22. The molecule has 44 heavy (non-hydrogen) atoms. The van der Waals surface area contributed by atoms with Crippen LogP contribution in [0.2, 0.25) is 0 Å².